The van der Waals surface area contributed by atoms with Gasteiger partial charge < -0.3 is 14.8 Å². The van der Waals surface area contributed by atoms with Crippen LogP contribution in [-0.4, -0.2) is 11.7 Å². The number of rotatable bonds is 5. The van der Waals surface area contributed by atoms with Gasteiger partial charge in [-0.2, -0.15) is 0 Å². The van der Waals surface area contributed by atoms with Crippen molar-refractivity contribution in [1.82, 2.24) is 5.32 Å². The number of aliphatic hydroxyl groups is 1. The Morgan fingerprint density at radius 1 is 1.28 bits per heavy atom. The molecule has 0 amide bonds. The number of aliphatic hydroxyl groups excluding tert-OH is 1. The second kappa shape index (κ2) is 6.05. The summed E-state index contributed by atoms with van der Waals surface area (Å²) < 4.78 is 5.29. The minimum absolute atomic E-state index is 0.0713. The molecule has 0 bridgehead atoms. The predicted molar refractivity (Wildman–Crippen MR) is 71.5 cm³/mol. The van der Waals surface area contributed by atoms with Crippen molar-refractivity contribution in [2.24, 2.45) is 0 Å². The Labute approximate surface area is 111 Å². The first-order chi connectivity index (χ1) is 8.66. The summed E-state index contributed by atoms with van der Waals surface area (Å²) in [5, 5.41) is 13.9. The fraction of sp³-hybridized carbons (Fsp3) is 0.286. The molecule has 18 heavy (non-hydrogen) atoms. The number of nitrogens with one attached hydrogen (secondary N) is 1. The van der Waals surface area contributed by atoms with Crippen molar-refractivity contribution >= 4 is 11.6 Å². The largest absolute Gasteiger partial charge is 0.468 e. The molecule has 1 heterocycles. The van der Waals surface area contributed by atoms with Gasteiger partial charge in [0.15, 0.2) is 0 Å². The topological polar surface area (TPSA) is 45.4 Å². The van der Waals surface area contributed by atoms with Crippen molar-refractivity contribution in [2.75, 3.05) is 6.54 Å². The number of hydrogen-bond acceptors (Lipinski definition) is 3. The van der Waals surface area contributed by atoms with E-state index in [1.165, 1.54) is 0 Å². The Bertz CT molecular complexity index is 467. The van der Waals surface area contributed by atoms with Crippen molar-refractivity contribution in [3.63, 3.8) is 0 Å². The molecule has 4 heteroatoms. The van der Waals surface area contributed by atoms with E-state index in [1.54, 1.807) is 18.4 Å². The van der Waals surface area contributed by atoms with Crippen LogP contribution in [0.4, 0.5) is 0 Å². The van der Waals surface area contributed by atoms with Crippen molar-refractivity contribution in [3.05, 3.63) is 59.0 Å². The molecule has 0 aliphatic carbocycles. The molecule has 0 saturated heterocycles. The summed E-state index contributed by atoms with van der Waals surface area (Å²) in [6.45, 7) is 2.46. The number of hydrogen-bond donors (Lipinski definition) is 2. The highest BCUT2D eigenvalue weighted by Gasteiger charge is 2.11. The summed E-state index contributed by atoms with van der Waals surface area (Å²) in [6.07, 6.45) is 1.09. The minimum Gasteiger partial charge on any atom is -0.468 e. The smallest absolute Gasteiger partial charge is 0.120 e. The molecule has 1 aromatic carbocycles. The highest BCUT2D eigenvalue weighted by molar-refractivity contribution is 6.30. The number of furan rings is 1. The summed E-state index contributed by atoms with van der Waals surface area (Å²) in [7, 11) is 0. The highest BCUT2D eigenvalue weighted by Crippen LogP contribution is 2.17. The van der Waals surface area contributed by atoms with Crippen LogP contribution in [0.5, 0.6) is 0 Å². The molecule has 2 N–H and O–H groups in total. The van der Waals surface area contributed by atoms with Crippen LogP contribution >= 0.6 is 11.6 Å². The van der Waals surface area contributed by atoms with Crippen molar-refractivity contribution in [1.29, 1.82) is 0 Å². The summed E-state index contributed by atoms with van der Waals surface area (Å²) in [5.74, 6) is 0.860. The van der Waals surface area contributed by atoms with Crippen LogP contribution in [0.25, 0.3) is 0 Å². The molecule has 2 rings (SSSR count). The Morgan fingerprint density at radius 2 is 2.00 bits per heavy atom. The lowest BCUT2D eigenvalue weighted by atomic mass is 10.1. The molecule has 2 atom stereocenters. The van der Waals surface area contributed by atoms with E-state index in [-0.39, 0.29) is 6.04 Å². The van der Waals surface area contributed by atoms with Gasteiger partial charge in [0, 0.05) is 11.6 Å². The molecule has 1 unspecified atom stereocenters. The Hall–Kier alpha value is -1.29. The second-order valence-corrected chi connectivity index (χ2v) is 4.65. The normalized spacial score (nSPS) is 14.4. The zero-order chi connectivity index (χ0) is 13.0. The van der Waals surface area contributed by atoms with Gasteiger partial charge in [0.2, 0.25) is 0 Å². The highest BCUT2D eigenvalue weighted by atomic mass is 35.5. The average molecular weight is 266 g/mol. The second-order valence-electron chi connectivity index (χ2n) is 4.21. The van der Waals surface area contributed by atoms with Gasteiger partial charge in [0.1, 0.15) is 5.76 Å². The van der Waals surface area contributed by atoms with Crippen LogP contribution in [0.2, 0.25) is 5.02 Å². The third-order valence-corrected chi connectivity index (χ3v) is 3.09. The molecule has 0 spiro atoms. The molecule has 0 radical (unpaired) electrons. The van der Waals surface area contributed by atoms with E-state index >= 15 is 0 Å². The van der Waals surface area contributed by atoms with E-state index in [4.69, 9.17) is 16.0 Å². The van der Waals surface area contributed by atoms with Gasteiger partial charge in [0.05, 0.1) is 18.4 Å². The van der Waals surface area contributed by atoms with Crippen molar-refractivity contribution in [3.8, 4) is 0 Å². The van der Waals surface area contributed by atoms with E-state index in [0.29, 0.717) is 11.6 Å². The fourth-order valence-electron chi connectivity index (χ4n) is 1.73. The van der Waals surface area contributed by atoms with Gasteiger partial charge >= 0.3 is 0 Å². The third-order valence-electron chi connectivity index (χ3n) is 2.84. The molecule has 1 aromatic heterocycles. The zero-order valence-electron chi connectivity index (χ0n) is 10.1. The monoisotopic (exact) mass is 265 g/mol. The maximum absolute atomic E-state index is 10.0. The van der Waals surface area contributed by atoms with E-state index in [0.717, 1.165) is 11.3 Å². The first-order valence-corrected chi connectivity index (χ1v) is 6.25. The summed E-state index contributed by atoms with van der Waals surface area (Å²) in [5.41, 5.74) is 0.846. The SMILES string of the molecule is C[C@@H](NCC(O)c1ccc(Cl)cc1)c1ccco1. The molecule has 0 saturated carbocycles. The minimum atomic E-state index is -0.556. The molecule has 2 aromatic rings. The van der Waals surface area contributed by atoms with Crippen LogP contribution < -0.4 is 5.32 Å². The van der Waals surface area contributed by atoms with Gasteiger partial charge in [-0.15, -0.1) is 0 Å². The van der Waals surface area contributed by atoms with Gasteiger partial charge in [-0.1, -0.05) is 23.7 Å². The van der Waals surface area contributed by atoms with Gasteiger partial charge in [-0.05, 0) is 36.8 Å². The Morgan fingerprint density at radius 3 is 2.61 bits per heavy atom. The van der Waals surface area contributed by atoms with Crippen molar-refractivity contribution < 1.29 is 9.52 Å². The standard InChI is InChI=1S/C14H16ClNO2/c1-10(14-3-2-8-18-14)16-9-13(17)11-4-6-12(15)7-5-11/h2-8,10,13,16-17H,9H2,1H3/t10-,13?/m1/s1. The van der Waals surface area contributed by atoms with Gasteiger partial charge in [0.25, 0.3) is 0 Å². The average Bonchev–Trinajstić information content (AvgIpc) is 2.90. The molecule has 0 aliphatic rings. The quantitative estimate of drug-likeness (QED) is 0.872. The van der Waals surface area contributed by atoms with E-state index in [9.17, 15) is 5.11 Å². The predicted octanol–water partition coefficient (Wildman–Crippen LogP) is 3.32. The lowest BCUT2D eigenvalue weighted by molar-refractivity contribution is 0.169. The van der Waals surface area contributed by atoms with E-state index < -0.39 is 6.10 Å². The molecule has 96 valence electrons. The number of halogens is 1. The zero-order valence-corrected chi connectivity index (χ0v) is 10.9. The summed E-state index contributed by atoms with van der Waals surface area (Å²) in [6, 6.07) is 11.0. The maximum atomic E-state index is 10.0. The van der Waals surface area contributed by atoms with Gasteiger partial charge in [-0.3, -0.25) is 0 Å². The molecule has 3 nitrogen and oxygen atoms in total. The first-order valence-electron chi connectivity index (χ1n) is 5.87. The Kier molecular flexibility index (Phi) is 4.42. The lowest BCUT2D eigenvalue weighted by Gasteiger charge is -2.16. The Balaban J connectivity index is 1.88. The van der Waals surface area contributed by atoms with E-state index in [1.807, 2.05) is 31.2 Å². The third kappa shape index (κ3) is 3.35. The molecular formula is C14H16ClNO2. The molecular weight excluding hydrogens is 250 g/mol. The lowest BCUT2D eigenvalue weighted by Crippen LogP contribution is -2.24. The van der Waals surface area contributed by atoms with Crippen LogP contribution in [-0.2, 0) is 0 Å². The summed E-state index contributed by atoms with van der Waals surface area (Å²) >= 11 is 5.80. The van der Waals surface area contributed by atoms with Crippen molar-refractivity contribution in [2.45, 2.75) is 19.1 Å². The first kappa shape index (κ1) is 13.1. The molecule has 0 fully saturated rings. The summed E-state index contributed by atoms with van der Waals surface area (Å²) in [4.78, 5) is 0. The van der Waals surface area contributed by atoms with Crippen LogP contribution in [0.1, 0.15) is 30.4 Å². The van der Waals surface area contributed by atoms with E-state index in [2.05, 4.69) is 5.32 Å². The van der Waals surface area contributed by atoms with Crippen LogP contribution in [0.3, 0.4) is 0 Å². The van der Waals surface area contributed by atoms with Crippen LogP contribution in [0, 0.1) is 0 Å². The van der Waals surface area contributed by atoms with Gasteiger partial charge in [-0.25, -0.2) is 0 Å². The molecule has 0 aliphatic heterocycles. The fourth-order valence-corrected chi connectivity index (χ4v) is 1.86. The maximum Gasteiger partial charge on any atom is 0.120 e. The van der Waals surface area contributed by atoms with Crippen LogP contribution in [0.15, 0.2) is 47.1 Å². The number of benzene rings is 1.